The molecule has 9 nitrogen and oxygen atoms in total. The third-order valence-electron chi connectivity index (χ3n) is 4.82. The first kappa shape index (κ1) is 19.4. The van der Waals surface area contributed by atoms with E-state index >= 15 is 0 Å². The predicted molar refractivity (Wildman–Crippen MR) is 101 cm³/mol. The number of aromatic nitrogens is 5. The molecule has 1 aliphatic rings. The lowest BCUT2D eigenvalue weighted by molar-refractivity contribution is 0.323. The highest BCUT2D eigenvalue weighted by Gasteiger charge is 2.36. The number of ether oxygens (including phenoxy) is 1. The Hall–Kier alpha value is -2.92. The van der Waals surface area contributed by atoms with E-state index in [0.717, 1.165) is 11.6 Å². The lowest BCUT2D eigenvalue weighted by Gasteiger charge is -2.23. The first-order valence-electron chi connectivity index (χ1n) is 9.02. The number of sulfonamides is 1. The Kier molecular flexibility index (Phi) is 5.24. The van der Waals surface area contributed by atoms with Crippen LogP contribution in [0, 0.1) is 5.82 Å². The molecule has 0 aliphatic carbocycles. The quantitative estimate of drug-likeness (QED) is 0.601. The van der Waals surface area contributed by atoms with Crippen LogP contribution in [0.5, 0.6) is 5.75 Å². The fourth-order valence-electron chi connectivity index (χ4n) is 3.38. The summed E-state index contributed by atoms with van der Waals surface area (Å²) in [6.45, 7) is 0.614. The minimum absolute atomic E-state index is 0.00243. The molecule has 4 rings (SSSR count). The van der Waals surface area contributed by atoms with Crippen LogP contribution in [-0.4, -0.2) is 57.6 Å². The third-order valence-corrected chi connectivity index (χ3v) is 6.77. The van der Waals surface area contributed by atoms with Crippen molar-refractivity contribution in [3.8, 4) is 17.1 Å². The zero-order valence-electron chi connectivity index (χ0n) is 15.6. The number of nitrogens with zero attached hydrogens (tertiary/aromatic N) is 6. The zero-order valence-corrected chi connectivity index (χ0v) is 16.5. The van der Waals surface area contributed by atoms with Gasteiger partial charge in [0.25, 0.3) is 0 Å². The van der Waals surface area contributed by atoms with Gasteiger partial charge >= 0.3 is 0 Å². The summed E-state index contributed by atoms with van der Waals surface area (Å²) in [6.07, 6.45) is 4.63. The number of hydrogen-bond acceptors (Lipinski definition) is 7. The van der Waals surface area contributed by atoms with E-state index in [0.29, 0.717) is 25.2 Å². The predicted octanol–water partition coefficient (Wildman–Crippen LogP) is 1.74. The smallest absolute Gasteiger partial charge is 0.243 e. The molecule has 1 atom stereocenters. The summed E-state index contributed by atoms with van der Waals surface area (Å²) < 4.78 is 46.4. The summed E-state index contributed by atoms with van der Waals surface area (Å²) in [5, 5.41) is 12.4. The number of tetrazole rings is 1. The van der Waals surface area contributed by atoms with Gasteiger partial charge in [-0.2, -0.15) is 9.10 Å². The molecular weight excluding hydrogens is 399 g/mol. The standard InChI is InChI=1S/C18H19FN6O3S/c1-28-17-5-4-15(11-16(17)19)29(26,27)24-10-2-3-14(24)12-25-22-18(21-23-25)13-6-8-20-9-7-13/h4-9,11,14H,2-3,10,12H2,1H3/t14-/m1/s1. The van der Waals surface area contributed by atoms with E-state index in [9.17, 15) is 12.8 Å². The van der Waals surface area contributed by atoms with Gasteiger partial charge in [0.05, 0.1) is 18.6 Å². The van der Waals surface area contributed by atoms with Crippen LogP contribution in [0.3, 0.4) is 0 Å². The Labute approximate surface area is 167 Å². The van der Waals surface area contributed by atoms with Gasteiger partial charge in [0, 0.05) is 30.5 Å². The largest absolute Gasteiger partial charge is 0.494 e. The molecule has 1 aliphatic heterocycles. The first-order chi connectivity index (χ1) is 14.0. The van der Waals surface area contributed by atoms with Crippen LogP contribution in [0.4, 0.5) is 4.39 Å². The van der Waals surface area contributed by atoms with Crippen molar-refractivity contribution < 1.29 is 17.5 Å². The Morgan fingerprint density at radius 3 is 2.76 bits per heavy atom. The van der Waals surface area contributed by atoms with E-state index in [1.54, 1.807) is 24.5 Å². The summed E-state index contributed by atoms with van der Waals surface area (Å²) in [4.78, 5) is 5.24. The number of methoxy groups -OCH3 is 1. The number of rotatable bonds is 6. The summed E-state index contributed by atoms with van der Waals surface area (Å²) in [6, 6.07) is 6.84. The second-order valence-corrected chi connectivity index (χ2v) is 8.50. The van der Waals surface area contributed by atoms with Crippen molar-refractivity contribution >= 4 is 10.0 Å². The lowest BCUT2D eigenvalue weighted by atomic mass is 10.2. The fraction of sp³-hybridized carbons (Fsp3) is 0.333. The van der Waals surface area contributed by atoms with Crippen LogP contribution in [0.2, 0.25) is 0 Å². The van der Waals surface area contributed by atoms with E-state index in [1.165, 1.54) is 28.3 Å². The summed E-state index contributed by atoms with van der Waals surface area (Å²) in [7, 11) is -2.53. The topological polar surface area (TPSA) is 103 Å². The van der Waals surface area contributed by atoms with E-state index in [2.05, 4.69) is 20.4 Å². The van der Waals surface area contributed by atoms with Crippen LogP contribution in [0.15, 0.2) is 47.6 Å². The molecule has 3 aromatic rings. The van der Waals surface area contributed by atoms with Crippen molar-refractivity contribution in [2.75, 3.05) is 13.7 Å². The minimum Gasteiger partial charge on any atom is -0.494 e. The highest BCUT2D eigenvalue weighted by molar-refractivity contribution is 7.89. The highest BCUT2D eigenvalue weighted by atomic mass is 32.2. The van der Waals surface area contributed by atoms with E-state index < -0.39 is 15.8 Å². The Morgan fingerprint density at radius 2 is 2.03 bits per heavy atom. The van der Waals surface area contributed by atoms with Gasteiger partial charge in [-0.1, -0.05) is 0 Å². The first-order valence-corrected chi connectivity index (χ1v) is 10.5. The molecular formula is C18H19FN6O3S. The van der Waals surface area contributed by atoms with Crippen LogP contribution in [0.1, 0.15) is 12.8 Å². The zero-order chi connectivity index (χ0) is 20.4. The van der Waals surface area contributed by atoms with Crippen molar-refractivity contribution in [3.63, 3.8) is 0 Å². The molecule has 11 heteroatoms. The second-order valence-electron chi connectivity index (χ2n) is 6.61. The van der Waals surface area contributed by atoms with E-state index in [4.69, 9.17) is 4.74 Å². The number of benzene rings is 1. The number of halogens is 1. The molecule has 1 aromatic carbocycles. The fourth-order valence-corrected chi connectivity index (χ4v) is 5.07. The molecule has 0 amide bonds. The SMILES string of the molecule is COc1ccc(S(=O)(=O)N2CCC[C@@H]2Cn2nnc(-c3ccncc3)n2)cc1F. The molecule has 0 spiro atoms. The molecule has 29 heavy (non-hydrogen) atoms. The van der Waals surface area contributed by atoms with Crippen molar-refractivity contribution in [1.29, 1.82) is 0 Å². The number of pyridine rings is 1. The summed E-state index contributed by atoms with van der Waals surface area (Å²) >= 11 is 0. The van der Waals surface area contributed by atoms with Crippen LogP contribution < -0.4 is 4.74 Å². The molecule has 0 bridgehead atoms. The molecule has 152 valence electrons. The normalized spacial score (nSPS) is 17.5. The average molecular weight is 418 g/mol. The third kappa shape index (κ3) is 3.83. The average Bonchev–Trinajstić information content (AvgIpc) is 3.39. The molecule has 0 unspecified atom stereocenters. The lowest BCUT2D eigenvalue weighted by Crippen LogP contribution is -2.38. The molecule has 1 saturated heterocycles. The maximum absolute atomic E-state index is 14.0. The highest BCUT2D eigenvalue weighted by Crippen LogP contribution is 2.29. The van der Waals surface area contributed by atoms with Gasteiger partial charge in [-0.15, -0.1) is 10.2 Å². The van der Waals surface area contributed by atoms with Crippen molar-refractivity contribution in [1.82, 2.24) is 29.5 Å². The van der Waals surface area contributed by atoms with Crippen molar-refractivity contribution in [2.45, 2.75) is 30.3 Å². The summed E-state index contributed by atoms with van der Waals surface area (Å²) in [5.74, 6) is -0.279. The Bertz CT molecular complexity index is 1110. The van der Waals surface area contributed by atoms with Gasteiger partial charge in [0.2, 0.25) is 15.8 Å². The minimum atomic E-state index is -3.86. The molecule has 0 saturated carbocycles. The van der Waals surface area contributed by atoms with Crippen molar-refractivity contribution in [3.05, 3.63) is 48.5 Å². The number of hydrogen-bond donors (Lipinski definition) is 0. The second kappa shape index (κ2) is 7.84. The molecule has 3 heterocycles. The summed E-state index contributed by atoms with van der Waals surface area (Å²) in [5.41, 5.74) is 0.774. The van der Waals surface area contributed by atoms with Crippen LogP contribution in [-0.2, 0) is 16.6 Å². The molecule has 1 fully saturated rings. The van der Waals surface area contributed by atoms with Gasteiger partial charge in [0.1, 0.15) is 0 Å². The van der Waals surface area contributed by atoms with Gasteiger partial charge in [-0.05, 0) is 48.4 Å². The monoisotopic (exact) mass is 418 g/mol. The van der Waals surface area contributed by atoms with Gasteiger partial charge in [-0.25, -0.2) is 12.8 Å². The van der Waals surface area contributed by atoms with E-state index in [1.807, 2.05) is 0 Å². The van der Waals surface area contributed by atoms with Gasteiger partial charge in [0.15, 0.2) is 11.6 Å². The van der Waals surface area contributed by atoms with Gasteiger partial charge < -0.3 is 4.74 Å². The molecule has 0 N–H and O–H groups in total. The van der Waals surface area contributed by atoms with Crippen LogP contribution >= 0.6 is 0 Å². The maximum atomic E-state index is 14.0. The maximum Gasteiger partial charge on any atom is 0.243 e. The van der Waals surface area contributed by atoms with Crippen LogP contribution in [0.25, 0.3) is 11.4 Å². The van der Waals surface area contributed by atoms with Crippen molar-refractivity contribution in [2.24, 2.45) is 0 Å². The molecule has 2 aromatic heterocycles. The Balaban J connectivity index is 1.55. The van der Waals surface area contributed by atoms with Gasteiger partial charge in [-0.3, -0.25) is 4.98 Å². The Morgan fingerprint density at radius 1 is 1.24 bits per heavy atom. The molecule has 0 radical (unpaired) electrons. The van der Waals surface area contributed by atoms with E-state index in [-0.39, 0.29) is 23.2 Å².